The number of hydrogen-bond donors (Lipinski definition) is 9. The van der Waals surface area contributed by atoms with Crippen molar-refractivity contribution < 1.29 is 83.9 Å². The minimum absolute atomic E-state index is 0.113. The first-order valence-electron chi connectivity index (χ1n) is 28.4. The molecular formula is C46H60Cl2N20O18P4S4Si. The number of halogens is 2. The predicted octanol–water partition coefficient (Wildman–Crippen LogP) is 3.54. The van der Waals surface area contributed by atoms with Crippen molar-refractivity contribution in [1.82, 2.24) is 78.1 Å². The summed E-state index contributed by atoms with van der Waals surface area (Å²) in [5.41, 5.74) is 26.4. The SMILES string of the molecule is CC(C)(C)[Si](C)(C)O[C@H]1[C@H]2OP(=O)(S)OC[C@H]3O[C@@H](n4cnc5c(N)ncnc54)[C@H](Cl)[C@@H]3OP(O)(=S)OC[C@H]1O[C@H]2n1cnc2c(N)ncnc21.Nc1ncnc2c1ncn2[C@@H]1O[C@@H]2COP(O)(=S)O[C@@H]3[C@H](O)[C@@H](COP(O)(=S)O[C@H]2[C@H]1Cl)O[C@H]3n1cnc2c(N)ncnc21. The average Bonchev–Trinajstić information content (AvgIpc) is 1.62. The number of imidazole rings is 4. The molecule has 14 rings (SSSR count). The van der Waals surface area contributed by atoms with Gasteiger partial charge in [-0.3, -0.25) is 31.8 Å². The standard InChI is InChI=1S/C26H37ClN10O9P2S2Si.C20H23ClN10O9P2S2/c1-26(2,3)51(4,5)46-18-13-7-41-47(38,49)44-17-12(42-24(14(17)27)36-10-34-15-20(28)30-8-32-22(15)36)6-40-48(39,50)45-19(18)25(43-13)37-11-35-16-21(29)31-9-33-23(16)37;21-9-13-8(38-19(9)30-5-28-10-15(22)24-3-26-17(10)30)2-36-42(34,44)40-14-12(32)7(1-35-41(33,43)39-13)37-20(14)31-6-29-11-16(23)25-4-27-18(11)31/h8-14,17-19,24-25H,6-7H2,1-5H3,(H,38,49)(H,39,50)(H2,28,30,32)(H2,29,31,33);3-9,12-14,19-20,32H,1-2H2,(H,33,43)(H,34,44)(H2,22,24,26)(H2,23,25,27)/t12-,13-,14-,17-,18-,19-,24-,25-,47?,48?;7-,8-,9-,12-,13-,14-,19-,20-,41?,42?/m11/s1. The third-order valence-corrected chi connectivity index (χ3v) is 28.3. The Hall–Kier alpha value is -3.95. The van der Waals surface area contributed by atoms with Gasteiger partial charge in [0.25, 0.3) is 0 Å². The lowest BCUT2D eigenvalue weighted by molar-refractivity contribution is -0.0600. The zero-order chi connectivity index (χ0) is 67.6. The van der Waals surface area contributed by atoms with E-state index in [1.807, 2.05) is 13.1 Å². The molecule has 12 N–H and O–H groups in total. The number of nitrogens with zero attached hydrogens (tertiary/aromatic N) is 16. The van der Waals surface area contributed by atoms with Crippen molar-refractivity contribution in [3.05, 3.63) is 50.6 Å². The molecule has 6 aliphatic heterocycles. The van der Waals surface area contributed by atoms with Crippen molar-refractivity contribution in [2.24, 2.45) is 0 Å². The predicted molar refractivity (Wildman–Crippen MR) is 351 cm³/mol. The molecule has 8 aromatic rings. The van der Waals surface area contributed by atoms with Crippen molar-refractivity contribution in [1.29, 1.82) is 0 Å². The Morgan fingerprint density at radius 3 is 1.24 bits per heavy atom. The molecule has 4 unspecified atom stereocenters. The molecule has 38 nitrogen and oxygen atoms in total. The van der Waals surface area contributed by atoms with Crippen LogP contribution >= 0.6 is 62.4 Å². The lowest BCUT2D eigenvalue weighted by Crippen LogP contribution is -2.50. The molecule has 0 aliphatic carbocycles. The molecule has 6 aliphatic rings. The van der Waals surface area contributed by atoms with Crippen LogP contribution in [-0.4, -0.2) is 204 Å². The maximum atomic E-state index is 14.2. The monoisotopic (exact) mass is 1530 g/mol. The molecule has 14 heterocycles. The van der Waals surface area contributed by atoms with E-state index in [9.17, 15) is 24.4 Å². The molecule has 20 atom stereocenters. The van der Waals surface area contributed by atoms with E-state index >= 15 is 0 Å². The second-order valence-corrected chi connectivity index (χ2v) is 40.7. The van der Waals surface area contributed by atoms with E-state index in [0.717, 1.165) is 0 Å². The van der Waals surface area contributed by atoms with E-state index in [2.05, 4.69) is 92.8 Å². The van der Waals surface area contributed by atoms with E-state index in [4.69, 9.17) is 141 Å². The van der Waals surface area contributed by atoms with Gasteiger partial charge in [-0.15, -0.1) is 23.2 Å². The van der Waals surface area contributed by atoms with Gasteiger partial charge in [-0.2, -0.15) is 0 Å². The number of aliphatic hydroxyl groups excluding tert-OH is 1. The number of aliphatic hydroxyl groups is 1. The van der Waals surface area contributed by atoms with Crippen LogP contribution in [0.25, 0.3) is 44.7 Å². The number of hydrogen-bond acceptors (Lipinski definition) is 34. The topological polar surface area (TPSA) is 496 Å². The van der Waals surface area contributed by atoms with Gasteiger partial charge in [0.05, 0.1) is 51.7 Å². The highest BCUT2D eigenvalue weighted by atomic mass is 35.5. The van der Waals surface area contributed by atoms with Crippen molar-refractivity contribution in [3.8, 4) is 0 Å². The fraction of sp³-hybridized carbons (Fsp3) is 0.565. The van der Waals surface area contributed by atoms with E-state index in [0.29, 0.717) is 33.5 Å². The van der Waals surface area contributed by atoms with Crippen LogP contribution in [0.5, 0.6) is 0 Å². The number of rotatable bonds is 6. The number of thiol groups is 1. The van der Waals surface area contributed by atoms with Crippen LogP contribution < -0.4 is 22.9 Å². The molecule has 514 valence electrons. The number of anilines is 4. The zero-order valence-corrected chi connectivity index (χ0v) is 59.3. The molecule has 6 saturated heterocycles. The smallest absolute Gasteiger partial charge is 0.386 e. The Kier molecular flexibility index (Phi) is 19.2. The molecule has 0 amide bonds. The molecule has 6 fully saturated rings. The van der Waals surface area contributed by atoms with Gasteiger partial charge in [0.15, 0.2) is 79.1 Å². The minimum Gasteiger partial charge on any atom is -0.408 e. The Morgan fingerprint density at radius 2 is 0.842 bits per heavy atom. The van der Waals surface area contributed by atoms with Crippen molar-refractivity contribution in [3.63, 3.8) is 0 Å². The van der Waals surface area contributed by atoms with Gasteiger partial charge in [-0.05, 0) is 53.6 Å². The van der Waals surface area contributed by atoms with Gasteiger partial charge < -0.3 is 88.7 Å². The first kappa shape index (κ1) is 69.5. The first-order valence-corrected chi connectivity index (χ1v) is 42.6. The molecule has 0 radical (unpaired) electrons. The van der Waals surface area contributed by atoms with E-state index in [-0.39, 0.29) is 46.1 Å². The summed E-state index contributed by atoms with van der Waals surface area (Å²) >= 11 is 34.2. The Morgan fingerprint density at radius 1 is 0.516 bits per heavy atom. The number of ether oxygens (including phenoxy) is 4. The fourth-order valence-electron chi connectivity index (χ4n) is 11.0. The van der Waals surface area contributed by atoms with Gasteiger partial charge in [-0.1, -0.05) is 33.0 Å². The van der Waals surface area contributed by atoms with Gasteiger partial charge >= 0.3 is 27.0 Å². The number of nitrogens with two attached hydrogens (primary N) is 4. The summed E-state index contributed by atoms with van der Waals surface area (Å²) in [6.45, 7) is -7.87. The molecule has 0 spiro atoms. The fourth-order valence-corrected chi connectivity index (χ4v) is 19.0. The maximum Gasteiger partial charge on any atom is 0.386 e. The third kappa shape index (κ3) is 13.7. The number of fused-ring (bicyclic) bond motifs is 10. The molecule has 0 aromatic carbocycles. The summed E-state index contributed by atoms with van der Waals surface area (Å²) in [5, 5.41) is 8.90. The second kappa shape index (κ2) is 26.2. The molecule has 8 aromatic heterocycles. The first-order chi connectivity index (χ1) is 44.8. The molecule has 0 saturated carbocycles. The number of alkyl halides is 2. The van der Waals surface area contributed by atoms with Crippen LogP contribution in [0.2, 0.25) is 18.1 Å². The second-order valence-electron chi connectivity index (χ2n) is 23.7. The van der Waals surface area contributed by atoms with Crippen LogP contribution in [-0.2, 0) is 99.5 Å². The van der Waals surface area contributed by atoms with Gasteiger partial charge in [0.1, 0.15) is 119 Å². The van der Waals surface area contributed by atoms with Crippen LogP contribution in [0.3, 0.4) is 0 Å². The minimum atomic E-state index is -4.27. The van der Waals surface area contributed by atoms with Gasteiger partial charge in [0.2, 0.25) is 0 Å². The van der Waals surface area contributed by atoms with Crippen LogP contribution in [0, 0.1) is 0 Å². The summed E-state index contributed by atoms with van der Waals surface area (Å²) < 4.78 is 99.1. The summed E-state index contributed by atoms with van der Waals surface area (Å²) in [4.78, 5) is 83.6. The third-order valence-electron chi connectivity index (χ3n) is 16.6. The molecule has 49 heteroatoms. The van der Waals surface area contributed by atoms with Crippen molar-refractivity contribution >= 4 is 174 Å². The highest BCUT2D eigenvalue weighted by molar-refractivity contribution is 8.44. The van der Waals surface area contributed by atoms with Gasteiger partial charge in [0, 0.05) is 0 Å². The van der Waals surface area contributed by atoms with E-state index in [1.54, 1.807) is 4.57 Å². The summed E-state index contributed by atoms with van der Waals surface area (Å²) in [6.07, 6.45) is -4.76. The zero-order valence-electron chi connectivity index (χ0n) is 49.9. The summed E-state index contributed by atoms with van der Waals surface area (Å²) in [7, 11) is -2.59. The van der Waals surface area contributed by atoms with Crippen molar-refractivity contribution in [2.75, 3.05) is 49.4 Å². The molecular weight excluding hydrogens is 1470 g/mol. The Labute approximate surface area is 568 Å². The summed E-state index contributed by atoms with van der Waals surface area (Å²) in [5.74, 6) is 0.563. The highest BCUT2D eigenvalue weighted by Gasteiger charge is 2.57. The van der Waals surface area contributed by atoms with Crippen LogP contribution in [0.15, 0.2) is 50.6 Å². The lowest BCUT2D eigenvalue weighted by atomic mass is 10.1. The van der Waals surface area contributed by atoms with E-state index < -0.39 is 152 Å². The van der Waals surface area contributed by atoms with Crippen molar-refractivity contribution in [2.45, 2.75) is 136 Å². The Bertz CT molecular complexity index is 4440. The summed E-state index contributed by atoms with van der Waals surface area (Å²) in [6, 6.07) is 0. The quantitative estimate of drug-likeness (QED) is 0.0497. The number of nitrogen functional groups attached to an aromatic ring is 4. The number of aromatic nitrogens is 16. The molecule has 95 heavy (non-hydrogen) atoms. The normalized spacial score (nSPS) is 36.7. The van der Waals surface area contributed by atoms with E-state index in [1.165, 1.54) is 64.3 Å². The largest absolute Gasteiger partial charge is 0.408 e. The van der Waals surface area contributed by atoms with Crippen LogP contribution in [0.4, 0.5) is 23.3 Å². The highest BCUT2D eigenvalue weighted by Crippen LogP contribution is 2.60. The average molecular weight is 1530 g/mol. The van der Waals surface area contributed by atoms with Crippen LogP contribution in [0.1, 0.15) is 45.7 Å². The lowest BCUT2D eigenvalue weighted by Gasteiger charge is -2.40. The maximum absolute atomic E-state index is 14.2. The Balaban J connectivity index is 0.000000174. The van der Waals surface area contributed by atoms with Gasteiger partial charge in [-0.25, -0.2) is 64.4 Å². The molecule has 4 bridgehead atoms.